The lowest BCUT2D eigenvalue weighted by molar-refractivity contribution is 0.0905. The number of hydrogen-bond acceptors (Lipinski definition) is 2. The van der Waals surface area contributed by atoms with Crippen LogP contribution in [0.15, 0.2) is 66.7 Å². The lowest BCUT2D eigenvalue weighted by Gasteiger charge is -2.31. The molecule has 0 spiro atoms. The predicted octanol–water partition coefficient (Wildman–Crippen LogP) is 5.99. The first-order valence-electron chi connectivity index (χ1n) is 8.32. The molecule has 2 atom stereocenters. The van der Waals surface area contributed by atoms with E-state index in [1.165, 1.54) is 0 Å². The minimum Gasteiger partial charge on any atom is -0.506 e. The molecule has 0 radical (unpaired) electrons. The van der Waals surface area contributed by atoms with Crippen LogP contribution in [0.4, 0.5) is 0 Å². The highest BCUT2D eigenvalue weighted by Gasteiger charge is 2.52. The van der Waals surface area contributed by atoms with Gasteiger partial charge in [0.1, 0.15) is 10.8 Å². The molecule has 3 aromatic carbocycles. The summed E-state index contributed by atoms with van der Waals surface area (Å²) >= 11 is 12.5. The molecule has 0 aliphatic heterocycles. The van der Waals surface area contributed by atoms with Crippen molar-refractivity contribution in [3.63, 3.8) is 0 Å². The second-order valence-corrected chi connectivity index (χ2v) is 7.49. The average molecular weight is 383 g/mol. The Morgan fingerprint density at radius 2 is 1.50 bits per heavy atom. The summed E-state index contributed by atoms with van der Waals surface area (Å²) in [5, 5.41) is 10.4. The van der Waals surface area contributed by atoms with Gasteiger partial charge in [-0.3, -0.25) is 4.79 Å². The third-order valence-electron chi connectivity index (χ3n) is 5.31. The van der Waals surface area contributed by atoms with E-state index in [4.69, 9.17) is 23.2 Å². The molecule has 2 unspecified atom stereocenters. The normalized spacial score (nSPS) is 21.7. The zero-order valence-electron chi connectivity index (χ0n) is 14.0. The Morgan fingerprint density at radius 1 is 0.923 bits per heavy atom. The van der Waals surface area contributed by atoms with Crippen LogP contribution in [0.5, 0.6) is 5.75 Å². The van der Waals surface area contributed by atoms with Crippen molar-refractivity contribution in [1.29, 1.82) is 0 Å². The lowest BCUT2D eigenvalue weighted by Crippen LogP contribution is -2.33. The molecule has 3 aromatic rings. The van der Waals surface area contributed by atoms with Crippen molar-refractivity contribution in [2.45, 2.75) is 18.3 Å². The highest BCUT2D eigenvalue weighted by Crippen LogP contribution is 2.55. The minimum atomic E-state index is -0.842. The van der Waals surface area contributed by atoms with Gasteiger partial charge in [0.25, 0.3) is 0 Å². The van der Waals surface area contributed by atoms with E-state index in [2.05, 4.69) is 0 Å². The first-order valence-corrected chi connectivity index (χ1v) is 9.08. The van der Waals surface area contributed by atoms with Crippen LogP contribution in [0.25, 0.3) is 0 Å². The number of Topliss-reactive ketones (excluding diaryl/α,β-unsaturated/α-hetero) is 1. The van der Waals surface area contributed by atoms with Crippen LogP contribution in [-0.2, 0) is 5.41 Å². The highest BCUT2D eigenvalue weighted by atomic mass is 35.5. The van der Waals surface area contributed by atoms with Gasteiger partial charge in [0.05, 0.1) is 10.4 Å². The van der Waals surface area contributed by atoms with E-state index in [0.29, 0.717) is 11.1 Å². The first-order chi connectivity index (χ1) is 12.5. The summed E-state index contributed by atoms with van der Waals surface area (Å²) in [5.74, 6) is -0.463. The topological polar surface area (TPSA) is 37.3 Å². The third kappa shape index (κ3) is 2.29. The summed E-state index contributed by atoms with van der Waals surface area (Å²) in [6.45, 7) is 1.93. The maximum Gasteiger partial charge on any atom is 0.175 e. The van der Waals surface area contributed by atoms with Gasteiger partial charge in [-0.25, -0.2) is 0 Å². The standard InChI is InChI=1S/C22H16Cl2O2/c1-22(14-10-6-3-7-11-14)18(13-8-4-2-5-9-13)15-12-16(25)19(23)20(24)17(15)21(22)26/h2-12,18,25H,1H3. The van der Waals surface area contributed by atoms with E-state index in [9.17, 15) is 9.90 Å². The average Bonchev–Trinajstić information content (AvgIpc) is 2.89. The van der Waals surface area contributed by atoms with Gasteiger partial charge in [0.2, 0.25) is 0 Å². The molecule has 4 heteroatoms. The number of aromatic hydroxyl groups is 1. The van der Waals surface area contributed by atoms with Crippen LogP contribution in [0, 0.1) is 0 Å². The zero-order chi connectivity index (χ0) is 18.5. The number of phenols is 1. The van der Waals surface area contributed by atoms with Gasteiger partial charge >= 0.3 is 0 Å². The maximum atomic E-state index is 13.6. The van der Waals surface area contributed by atoms with Gasteiger partial charge in [-0.1, -0.05) is 83.9 Å². The Labute approximate surface area is 162 Å². The molecule has 26 heavy (non-hydrogen) atoms. The van der Waals surface area contributed by atoms with Crippen molar-refractivity contribution in [2.24, 2.45) is 0 Å². The molecule has 130 valence electrons. The summed E-state index contributed by atoms with van der Waals surface area (Å²) in [5.41, 5.74) is 2.16. The summed E-state index contributed by atoms with van der Waals surface area (Å²) < 4.78 is 0. The van der Waals surface area contributed by atoms with E-state index in [0.717, 1.165) is 11.1 Å². The second kappa shape index (κ2) is 6.15. The number of carbonyl (C=O) groups excluding carboxylic acids is 1. The Kier molecular flexibility index (Phi) is 4.06. The van der Waals surface area contributed by atoms with Gasteiger partial charge in [0.15, 0.2) is 5.78 Å². The molecule has 0 saturated heterocycles. The highest BCUT2D eigenvalue weighted by molar-refractivity contribution is 6.45. The van der Waals surface area contributed by atoms with E-state index in [1.807, 2.05) is 67.6 Å². The van der Waals surface area contributed by atoms with E-state index in [-0.39, 0.29) is 27.5 Å². The van der Waals surface area contributed by atoms with E-state index in [1.54, 1.807) is 6.07 Å². The molecule has 0 fully saturated rings. The van der Waals surface area contributed by atoms with Crippen molar-refractivity contribution in [1.82, 2.24) is 0 Å². The fourth-order valence-electron chi connectivity index (χ4n) is 4.03. The van der Waals surface area contributed by atoms with Crippen LogP contribution < -0.4 is 0 Å². The summed E-state index contributed by atoms with van der Waals surface area (Å²) in [6, 6.07) is 21.1. The molecule has 1 aliphatic carbocycles. The number of fused-ring (bicyclic) bond motifs is 1. The quantitative estimate of drug-likeness (QED) is 0.591. The number of halogens is 2. The van der Waals surface area contributed by atoms with Crippen LogP contribution in [-0.4, -0.2) is 10.9 Å². The fraction of sp³-hybridized carbons (Fsp3) is 0.136. The predicted molar refractivity (Wildman–Crippen MR) is 105 cm³/mol. The lowest BCUT2D eigenvalue weighted by atomic mass is 9.69. The zero-order valence-corrected chi connectivity index (χ0v) is 15.6. The summed E-state index contributed by atoms with van der Waals surface area (Å²) in [6.07, 6.45) is 0. The molecule has 0 amide bonds. The Morgan fingerprint density at radius 3 is 2.12 bits per heavy atom. The smallest absolute Gasteiger partial charge is 0.175 e. The molecular weight excluding hydrogens is 367 g/mol. The van der Waals surface area contributed by atoms with Gasteiger partial charge in [-0.2, -0.15) is 0 Å². The first kappa shape index (κ1) is 17.1. The fourth-order valence-corrected chi connectivity index (χ4v) is 4.47. The largest absolute Gasteiger partial charge is 0.506 e. The Balaban J connectivity index is 2.07. The number of phenolic OH excluding ortho intramolecular Hbond substituents is 1. The van der Waals surface area contributed by atoms with Crippen LogP contribution in [0.1, 0.15) is 39.9 Å². The molecule has 0 aromatic heterocycles. The van der Waals surface area contributed by atoms with Crippen molar-refractivity contribution < 1.29 is 9.90 Å². The van der Waals surface area contributed by atoms with Crippen LogP contribution >= 0.6 is 23.2 Å². The molecule has 1 aliphatic rings. The number of ketones is 1. The molecule has 0 bridgehead atoms. The van der Waals surface area contributed by atoms with Gasteiger partial charge in [0, 0.05) is 11.5 Å². The molecule has 0 heterocycles. The van der Waals surface area contributed by atoms with Gasteiger partial charge in [-0.15, -0.1) is 0 Å². The summed E-state index contributed by atoms with van der Waals surface area (Å²) in [4.78, 5) is 13.6. The molecule has 4 rings (SSSR count). The maximum absolute atomic E-state index is 13.6. The third-order valence-corrected chi connectivity index (χ3v) is 6.17. The van der Waals surface area contributed by atoms with Crippen molar-refractivity contribution in [2.75, 3.05) is 0 Å². The van der Waals surface area contributed by atoms with Crippen molar-refractivity contribution in [3.05, 3.63) is 99.0 Å². The van der Waals surface area contributed by atoms with Gasteiger partial charge in [-0.05, 0) is 29.7 Å². The molecule has 2 nitrogen and oxygen atoms in total. The van der Waals surface area contributed by atoms with Gasteiger partial charge < -0.3 is 5.11 Å². The number of rotatable bonds is 2. The Bertz CT molecular complexity index is 1000. The van der Waals surface area contributed by atoms with E-state index >= 15 is 0 Å². The summed E-state index contributed by atoms with van der Waals surface area (Å²) in [7, 11) is 0. The molecule has 1 N–H and O–H groups in total. The number of hydrogen-bond donors (Lipinski definition) is 1. The second-order valence-electron chi connectivity index (χ2n) is 6.73. The van der Waals surface area contributed by atoms with Crippen LogP contribution in [0.3, 0.4) is 0 Å². The molecule has 0 saturated carbocycles. The minimum absolute atomic E-state index is 0.0166. The van der Waals surface area contributed by atoms with Crippen molar-refractivity contribution in [3.8, 4) is 5.75 Å². The number of carbonyl (C=O) groups is 1. The molecular formula is C22H16Cl2O2. The SMILES string of the molecule is CC1(c2ccccc2)C(=O)c2c(cc(O)c(Cl)c2Cl)C1c1ccccc1. The van der Waals surface area contributed by atoms with E-state index < -0.39 is 5.41 Å². The van der Waals surface area contributed by atoms with Crippen molar-refractivity contribution >= 4 is 29.0 Å². The monoisotopic (exact) mass is 382 g/mol. The van der Waals surface area contributed by atoms with Crippen LogP contribution in [0.2, 0.25) is 10.0 Å². The Hall–Kier alpha value is -2.29. The number of benzene rings is 3.